The number of alkyl halides is 3. The first-order valence-electron chi connectivity index (χ1n) is 9.04. The number of halogens is 3. The number of anilines is 1. The zero-order chi connectivity index (χ0) is 23.3. The third-order valence-corrected chi connectivity index (χ3v) is 5.51. The number of carboxylic acids is 1. The lowest BCUT2D eigenvalue weighted by molar-refractivity contribution is -0.137. The summed E-state index contributed by atoms with van der Waals surface area (Å²) in [7, 11) is 0. The van der Waals surface area contributed by atoms with Crippen LogP contribution in [0.1, 0.15) is 21.5 Å². The van der Waals surface area contributed by atoms with Gasteiger partial charge in [-0.15, -0.1) is 11.3 Å². The Hall–Kier alpha value is -3.44. The summed E-state index contributed by atoms with van der Waals surface area (Å²) in [5.41, 5.74) is 3.32. The minimum atomic E-state index is -4.46. The molecule has 0 bridgehead atoms. The molecule has 11 heteroatoms. The molecule has 1 aromatic heterocycles. The fourth-order valence-electron chi connectivity index (χ4n) is 2.68. The molecule has 3 aromatic rings. The van der Waals surface area contributed by atoms with Crippen molar-refractivity contribution < 1.29 is 28.2 Å². The maximum absolute atomic E-state index is 12.9. The molecule has 166 valence electrons. The number of carboxylic acid groups (broad SMARTS) is 1. The van der Waals surface area contributed by atoms with E-state index in [0.29, 0.717) is 16.1 Å². The molecule has 4 N–H and O–H groups in total. The van der Waals surface area contributed by atoms with Crippen LogP contribution in [0, 0.1) is 0 Å². The Kier molecular flexibility index (Phi) is 7.11. The van der Waals surface area contributed by atoms with Crippen molar-refractivity contribution in [2.45, 2.75) is 12.6 Å². The number of rotatable bonds is 6. The third kappa shape index (κ3) is 5.83. The van der Waals surface area contributed by atoms with E-state index in [2.05, 4.69) is 15.8 Å². The molecule has 32 heavy (non-hydrogen) atoms. The highest BCUT2D eigenvalue weighted by molar-refractivity contribution is 7.80. The number of nitrogens with one attached hydrogen (secondary N) is 2. The van der Waals surface area contributed by atoms with E-state index in [-0.39, 0.29) is 28.4 Å². The summed E-state index contributed by atoms with van der Waals surface area (Å²) in [6, 6.07) is 10.7. The van der Waals surface area contributed by atoms with Crippen LogP contribution in [0.2, 0.25) is 0 Å². The van der Waals surface area contributed by atoms with Gasteiger partial charge in [-0.2, -0.15) is 18.3 Å². The van der Waals surface area contributed by atoms with Gasteiger partial charge in [0.25, 0.3) is 0 Å². The number of aromatic hydroxyl groups is 1. The van der Waals surface area contributed by atoms with Gasteiger partial charge in [0.1, 0.15) is 5.75 Å². The maximum atomic E-state index is 12.9. The summed E-state index contributed by atoms with van der Waals surface area (Å²) in [6.07, 6.45) is -2.78. The zero-order valence-electron chi connectivity index (χ0n) is 16.2. The molecule has 0 spiro atoms. The number of thiophene rings is 1. The van der Waals surface area contributed by atoms with Crippen LogP contribution in [0.5, 0.6) is 5.75 Å². The molecule has 6 nitrogen and oxygen atoms in total. The first-order chi connectivity index (χ1) is 15.1. The molecule has 0 fully saturated rings. The summed E-state index contributed by atoms with van der Waals surface area (Å²) < 4.78 is 38.8. The van der Waals surface area contributed by atoms with Gasteiger partial charge >= 0.3 is 12.1 Å². The number of hydrogen-bond acceptors (Lipinski definition) is 5. The smallest absolute Gasteiger partial charge is 0.416 e. The van der Waals surface area contributed by atoms with Gasteiger partial charge in [-0.1, -0.05) is 12.1 Å². The van der Waals surface area contributed by atoms with Crippen molar-refractivity contribution in [3.63, 3.8) is 0 Å². The predicted octanol–water partition coefficient (Wildman–Crippen LogP) is 5.35. The molecule has 0 radical (unpaired) electrons. The highest BCUT2D eigenvalue weighted by Gasteiger charge is 2.30. The lowest BCUT2D eigenvalue weighted by Gasteiger charge is -2.08. The zero-order valence-corrected chi connectivity index (χ0v) is 17.8. The van der Waals surface area contributed by atoms with Crippen LogP contribution >= 0.6 is 23.6 Å². The highest BCUT2D eigenvalue weighted by atomic mass is 32.1. The van der Waals surface area contributed by atoms with Crippen molar-refractivity contribution in [2.24, 2.45) is 5.10 Å². The highest BCUT2D eigenvalue weighted by Crippen LogP contribution is 2.40. The molecule has 0 atom stereocenters. The minimum Gasteiger partial charge on any atom is -0.506 e. The van der Waals surface area contributed by atoms with Crippen LogP contribution in [0.25, 0.3) is 10.4 Å². The van der Waals surface area contributed by atoms with E-state index in [1.807, 2.05) is 0 Å². The number of hydrazone groups is 1. The van der Waals surface area contributed by atoms with E-state index in [1.54, 1.807) is 17.5 Å². The van der Waals surface area contributed by atoms with Gasteiger partial charge < -0.3 is 15.5 Å². The fraction of sp³-hybridized carbons (Fsp3) is 0.0952. The first kappa shape index (κ1) is 23.2. The number of aromatic carboxylic acids is 1. The predicted molar refractivity (Wildman–Crippen MR) is 121 cm³/mol. The molecule has 0 aliphatic carbocycles. The third-order valence-electron chi connectivity index (χ3n) is 4.25. The van der Waals surface area contributed by atoms with Gasteiger partial charge in [-0.25, -0.2) is 4.79 Å². The largest absolute Gasteiger partial charge is 0.506 e. The maximum Gasteiger partial charge on any atom is 0.416 e. The van der Waals surface area contributed by atoms with Gasteiger partial charge in [0.2, 0.25) is 0 Å². The molecular weight excluding hydrogens is 463 g/mol. The van der Waals surface area contributed by atoms with Gasteiger partial charge in [-0.05, 0) is 59.6 Å². The Morgan fingerprint density at radius 1 is 1.19 bits per heavy atom. The summed E-state index contributed by atoms with van der Waals surface area (Å²) in [6.45, 7) is 0. The van der Waals surface area contributed by atoms with Crippen LogP contribution in [0.3, 0.4) is 0 Å². The second-order valence-corrected chi connectivity index (χ2v) is 7.77. The summed E-state index contributed by atoms with van der Waals surface area (Å²) in [5.74, 6) is -1.13. The van der Waals surface area contributed by atoms with Gasteiger partial charge in [-0.3, -0.25) is 5.43 Å². The molecule has 2 aromatic carbocycles. The number of thiocarbonyl (C=S) groups is 1. The molecule has 0 aliphatic rings. The second kappa shape index (κ2) is 9.79. The van der Waals surface area contributed by atoms with Crippen molar-refractivity contribution in [3.05, 3.63) is 70.6 Å². The number of nitrogens with zero attached hydrogens (tertiary/aromatic N) is 1. The van der Waals surface area contributed by atoms with Crippen LogP contribution in [-0.2, 0) is 12.6 Å². The van der Waals surface area contributed by atoms with E-state index in [4.69, 9.17) is 17.3 Å². The normalized spacial score (nSPS) is 11.5. The molecule has 0 amide bonds. The summed E-state index contributed by atoms with van der Waals surface area (Å²) in [5, 5.41) is 27.9. The Labute approximate surface area is 190 Å². The van der Waals surface area contributed by atoms with Crippen LogP contribution in [0.4, 0.5) is 18.9 Å². The van der Waals surface area contributed by atoms with E-state index in [9.17, 15) is 23.1 Å². The summed E-state index contributed by atoms with van der Waals surface area (Å²) in [4.78, 5) is 11.2. The van der Waals surface area contributed by atoms with Crippen molar-refractivity contribution >= 4 is 46.5 Å². The van der Waals surface area contributed by atoms with E-state index < -0.39 is 17.7 Å². The second-order valence-electron chi connectivity index (χ2n) is 6.48. The minimum absolute atomic E-state index is 0.0972. The average Bonchev–Trinajstić information content (AvgIpc) is 3.11. The van der Waals surface area contributed by atoms with Crippen molar-refractivity contribution in [1.29, 1.82) is 0 Å². The summed E-state index contributed by atoms with van der Waals surface area (Å²) >= 11 is 6.23. The molecule has 0 saturated carbocycles. The lowest BCUT2D eigenvalue weighted by Crippen LogP contribution is -2.23. The topological polar surface area (TPSA) is 94.0 Å². The van der Waals surface area contributed by atoms with Gasteiger partial charge in [0.15, 0.2) is 5.11 Å². The number of hydrogen-bond donors (Lipinski definition) is 4. The Balaban J connectivity index is 1.58. The van der Waals surface area contributed by atoms with E-state index in [1.165, 1.54) is 30.5 Å². The molecule has 0 aliphatic heterocycles. The number of carbonyl (C=O) groups is 1. The Morgan fingerprint density at radius 2 is 1.91 bits per heavy atom. The quantitative estimate of drug-likeness (QED) is 0.216. The fourth-order valence-corrected chi connectivity index (χ4v) is 3.82. The first-order valence-corrected chi connectivity index (χ1v) is 10.3. The van der Waals surface area contributed by atoms with Crippen LogP contribution in [-0.4, -0.2) is 27.5 Å². The SMILES string of the molecule is O=C(O)c1ccc(NC(=S)NN=CCc2csc(-c3cccc(C(F)(F)F)c3)c2O)cc1. The average molecular weight is 480 g/mol. The number of benzene rings is 2. The van der Waals surface area contributed by atoms with Crippen molar-refractivity contribution in [1.82, 2.24) is 5.43 Å². The molecule has 3 rings (SSSR count). The monoisotopic (exact) mass is 479 g/mol. The van der Waals surface area contributed by atoms with Gasteiger partial charge in [0.05, 0.1) is 16.0 Å². The van der Waals surface area contributed by atoms with E-state index >= 15 is 0 Å². The molecule has 1 heterocycles. The standard InChI is InChI=1S/C21H16F3N3O3S2/c22-21(23,24)15-3-1-2-13(10-15)18-17(28)14(11-32-18)8-9-25-27-20(31)26-16-6-4-12(5-7-16)19(29)30/h1-7,9-11,28H,8H2,(H,29,30)(H2,26,27,31). The molecule has 0 unspecified atom stereocenters. The van der Waals surface area contributed by atoms with Crippen molar-refractivity contribution in [3.8, 4) is 16.2 Å². The molecular formula is C21H16F3N3O3S2. The van der Waals surface area contributed by atoms with Gasteiger partial charge in [0, 0.05) is 23.9 Å². The van der Waals surface area contributed by atoms with Crippen LogP contribution in [0.15, 0.2) is 59.0 Å². The lowest BCUT2D eigenvalue weighted by atomic mass is 10.1. The Bertz CT molecular complexity index is 1160. The van der Waals surface area contributed by atoms with Crippen LogP contribution < -0.4 is 10.7 Å². The molecule has 0 saturated heterocycles. The Morgan fingerprint density at radius 3 is 2.56 bits per heavy atom. The van der Waals surface area contributed by atoms with E-state index in [0.717, 1.165) is 23.5 Å². The van der Waals surface area contributed by atoms with Crippen molar-refractivity contribution in [2.75, 3.05) is 5.32 Å².